The van der Waals surface area contributed by atoms with Gasteiger partial charge in [-0.1, -0.05) is 0 Å². The van der Waals surface area contributed by atoms with Crippen LogP contribution in [0.1, 0.15) is 56.3 Å². The van der Waals surface area contributed by atoms with Crippen LogP contribution in [-0.4, -0.2) is 40.3 Å². The Bertz CT molecular complexity index is 599. The molecular weight excluding hydrogens is 308 g/mol. The zero-order chi connectivity index (χ0) is 17.2. The number of carboxylic acid groups (broad SMARTS) is 1. The number of rotatable bonds is 4. The van der Waals surface area contributed by atoms with Gasteiger partial charge in [-0.25, -0.2) is 0 Å². The minimum absolute atomic E-state index is 0.231. The van der Waals surface area contributed by atoms with E-state index in [0.717, 1.165) is 50.7 Å². The maximum Gasteiger partial charge on any atom is 0.300 e. The van der Waals surface area contributed by atoms with Gasteiger partial charge in [0.25, 0.3) is 5.97 Å². The Morgan fingerprint density at radius 2 is 2.04 bits per heavy atom. The van der Waals surface area contributed by atoms with Gasteiger partial charge in [0.15, 0.2) is 0 Å². The average molecular weight is 334 g/mol. The van der Waals surface area contributed by atoms with Crippen LogP contribution >= 0.6 is 0 Å². The van der Waals surface area contributed by atoms with Crippen molar-refractivity contribution in [2.45, 2.75) is 51.5 Å². The lowest BCUT2D eigenvalue weighted by Gasteiger charge is -2.23. The van der Waals surface area contributed by atoms with E-state index in [9.17, 15) is 4.79 Å². The van der Waals surface area contributed by atoms with E-state index >= 15 is 0 Å². The number of hydrogen-bond acceptors (Lipinski definition) is 4. The zero-order valence-corrected chi connectivity index (χ0v) is 14.1. The predicted octanol–water partition coefficient (Wildman–Crippen LogP) is 1.38. The minimum Gasteiger partial charge on any atom is -0.481 e. The van der Waals surface area contributed by atoms with Crippen LogP contribution in [0.5, 0.6) is 0 Å². The third kappa shape index (κ3) is 4.14. The van der Waals surface area contributed by atoms with Crippen LogP contribution in [0, 0.1) is 11.3 Å². The van der Waals surface area contributed by atoms with Crippen LogP contribution in [-0.2, 0) is 16.1 Å². The largest absolute Gasteiger partial charge is 0.481 e. The topological polar surface area (TPSA) is 107 Å². The number of amides is 1. The summed E-state index contributed by atoms with van der Waals surface area (Å²) in [4.78, 5) is 21.2. The van der Waals surface area contributed by atoms with Crippen LogP contribution in [0.2, 0.25) is 0 Å². The van der Waals surface area contributed by atoms with Crippen LogP contribution in [0.3, 0.4) is 0 Å². The van der Waals surface area contributed by atoms with Crippen LogP contribution in [0.4, 0.5) is 0 Å². The first kappa shape index (κ1) is 17.0. The lowest BCUT2D eigenvalue weighted by atomic mass is 9.92. The summed E-state index contributed by atoms with van der Waals surface area (Å²) in [6, 6.07) is 2.10. The van der Waals surface area contributed by atoms with Gasteiger partial charge in [-0.2, -0.15) is 5.10 Å². The molecule has 0 radical (unpaired) electrons. The summed E-state index contributed by atoms with van der Waals surface area (Å²) in [6.07, 6.45) is 5.91. The van der Waals surface area contributed by atoms with E-state index in [-0.39, 0.29) is 11.8 Å². The number of H-pyrrole nitrogens is 1. The predicted molar refractivity (Wildman–Crippen MR) is 88.4 cm³/mol. The summed E-state index contributed by atoms with van der Waals surface area (Å²) < 4.78 is 0. The highest BCUT2D eigenvalue weighted by molar-refractivity contribution is 5.82. The fraction of sp³-hybridized carbons (Fsp3) is 0.706. The fourth-order valence-electron chi connectivity index (χ4n) is 3.56. The Balaban J connectivity index is 0.000000383. The first-order chi connectivity index (χ1) is 11.5. The molecule has 4 rings (SSSR count). The van der Waals surface area contributed by atoms with Gasteiger partial charge in [0.1, 0.15) is 0 Å². The fourth-order valence-corrected chi connectivity index (χ4v) is 3.56. The molecule has 132 valence electrons. The normalized spacial score (nSPS) is 24.0. The maximum absolute atomic E-state index is 12.2. The van der Waals surface area contributed by atoms with Crippen molar-refractivity contribution in [3.05, 3.63) is 17.5 Å². The number of aliphatic carboxylic acids is 1. The molecule has 4 N–H and O–H groups in total. The van der Waals surface area contributed by atoms with Gasteiger partial charge in [-0.05, 0) is 56.7 Å². The Morgan fingerprint density at radius 1 is 1.38 bits per heavy atom. The highest BCUT2D eigenvalue weighted by atomic mass is 16.4. The molecule has 3 aliphatic rings. The molecule has 1 amide bonds. The Labute approximate surface area is 141 Å². The van der Waals surface area contributed by atoms with Gasteiger partial charge < -0.3 is 15.7 Å². The van der Waals surface area contributed by atoms with E-state index in [1.807, 2.05) is 0 Å². The van der Waals surface area contributed by atoms with E-state index in [2.05, 4.69) is 26.9 Å². The van der Waals surface area contributed by atoms with Gasteiger partial charge in [0.05, 0.1) is 17.9 Å². The van der Waals surface area contributed by atoms with E-state index in [0.29, 0.717) is 17.9 Å². The molecule has 7 heteroatoms. The molecule has 3 fully saturated rings. The summed E-state index contributed by atoms with van der Waals surface area (Å²) in [5, 5.41) is 21.2. The Morgan fingerprint density at radius 3 is 2.67 bits per heavy atom. The minimum atomic E-state index is -0.833. The van der Waals surface area contributed by atoms with Crippen LogP contribution < -0.4 is 10.6 Å². The van der Waals surface area contributed by atoms with Gasteiger partial charge in [-0.3, -0.25) is 14.7 Å². The summed E-state index contributed by atoms with van der Waals surface area (Å²) in [5.74, 6) is 0.307. The summed E-state index contributed by atoms with van der Waals surface area (Å²) in [5.41, 5.74) is 2.51. The van der Waals surface area contributed by atoms with E-state index in [1.54, 1.807) is 0 Å². The van der Waals surface area contributed by atoms with Crippen molar-refractivity contribution in [2.24, 2.45) is 11.3 Å². The highest BCUT2D eigenvalue weighted by Gasteiger charge is 2.57. The second-order valence-electron chi connectivity index (χ2n) is 7.20. The first-order valence-corrected chi connectivity index (χ1v) is 8.72. The molecule has 1 aromatic heterocycles. The molecule has 0 aromatic carbocycles. The molecule has 1 aliphatic heterocycles. The molecule has 2 saturated carbocycles. The molecule has 1 saturated heterocycles. The standard InChI is InChI=1S/C15H22N4O.C2H4O2/c20-14(12-8-15(12)3-5-16-6-4-15)17-9-11-7-13(19-18-11)10-1-2-10;1-2(3)4/h7,10,12,16H,1-6,8-9H2,(H,17,20)(H,18,19);1H3,(H,3,4). The third-order valence-corrected chi connectivity index (χ3v) is 5.20. The van der Waals surface area contributed by atoms with Crippen molar-refractivity contribution >= 4 is 11.9 Å². The van der Waals surface area contributed by atoms with Crippen LogP contribution in [0.15, 0.2) is 6.07 Å². The lowest BCUT2D eigenvalue weighted by Crippen LogP contribution is -2.33. The molecule has 24 heavy (non-hydrogen) atoms. The molecule has 1 unspecified atom stereocenters. The number of piperidine rings is 1. The van der Waals surface area contributed by atoms with Crippen LogP contribution in [0.25, 0.3) is 0 Å². The number of hydrogen-bond donors (Lipinski definition) is 4. The smallest absolute Gasteiger partial charge is 0.300 e. The van der Waals surface area contributed by atoms with Gasteiger partial charge >= 0.3 is 0 Å². The number of aromatic amines is 1. The number of carbonyl (C=O) groups is 2. The van der Waals surface area contributed by atoms with Crippen molar-refractivity contribution in [3.8, 4) is 0 Å². The van der Waals surface area contributed by atoms with E-state index in [4.69, 9.17) is 9.90 Å². The van der Waals surface area contributed by atoms with E-state index < -0.39 is 5.97 Å². The number of carbonyl (C=O) groups excluding carboxylic acids is 1. The monoisotopic (exact) mass is 334 g/mol. The summed E-state index contributed by atoms with van der Waals surface area (Å²) in [7, 11) is 0. The second-order valence-corrected chi connectivity index (χ2v) is 7.20. The molecule has 1 spiro atoms. The SMILES string of the molecule is CC(=O)O.O=C(NCc1cc(C2CC2)n[nH]1)C1CC12CCNCC2. The molecule has 1 atom stereocenters. The van der Waals surface area contributed by atoms with Gasteiger partial charge in [0, 0.05) is 18.8 Å². The lowest BCUT2D eigenvalue weighted by molar-refractivity contribution is -0.134. The first-order valence-electron chi connectivity index (χ1n) is 8.72. The van der Waals surface area contributed by atoms with Crippen molar-refractivity contribution in [2.75, 3.05) is 13.1 Å². The van der Waals surface area contributed by atoms with Crippen molar-refractivity contribution in [1.82, 2.24) is 20.8 Å². The van der Waals surface area contributed by atoms with Crippen molar-refractivity contribution in [1.29, 1.82) is 0 Å². The molecular formula is C17H26N4O3. The van der Waals surface area contributed by atoms with Crippen molar-refractivity contribution in [3.63, 3.8) is 0 Å². The number of nitrogens with one attached hydrogen (secondary N) is 3. The molecule has 7 nitrogen and oxygen atoms in total. The zero-order valence-electron chi connectivity index (χ0n) is 14.1. The molecule has 0 bridgehead atoms. The number of carboxylic acids is 1. The second kappa shape index (κ2) is 6.93. The summed E-state index contributed by atoms with van der Waals surface area (Å²) >= 11 is 0. The molecule has 1 aromatic rings. The summed E-state index contributed by atoms with van der Waals surface area (Å²) in [6.45, 7) is 3.80. The Kier molecular flexibility index (Phi) is 4.89. The third-order valence-electron chi connectivity index (χ3n) is 5.20. The highest BCUT2D eigenvalue weighted by Crippen LogP contribution is 2.58. The van der Waals surface area contributed by atoms with Gasteiger partial charge in [0.2, 0.25) is 5.91 Å². The van der Waals surface area contributed by atoms with Gasteiger partial charge in [-0.15, -0.1) is 0 Å². The quantitative estimate of drug-likeness (QED) is 0.665. The molecule has 2 heterocycles. The van der Waals surface area contributed by atoms with E-state index in [1.165, 1.54) is 12.8 Å². The number of aromatic nitrogens is 2. The molecule has 2 aliphatic carbocycles. The van der Waals surface area contributed by atoms with Crippen molar-refractivity contribution < 1.29 is 14.7 Å². The maximum atomic E-state index is 12.2. The number of nitrogens with zero attached hydrogens (tertiary/aromatic N) is 1. The average Bonchev–Trinajstić information content (AvgIpc) is 3.45. The Hall–Kier alpha value is -1.89.